The highest BCUT2D eigenvalue weighted by Gasteiger charge is 2.13. The van der Waals surface area contributed by atoms with Gasteiger partial charge in [-0.2, -0.15) is 5.10 Å². The van der Waals surface area contributed by atoms with Gasteiger partial charge in [-0.3, -0.25) is 4.68 Å². The topological polar surface area (TPSA) is 45.1 Å². The van der Waals surface area contributed by atoms with Crippen molar-refractivity contribution in [1.29, 1.82) is 0 Å². The van der Waals surface area contributed by atoms with Crippen LogP contribution in [0.5, 0.6) is 0 Å². The second-order valence-electron chi connectivity index (χ2n) is 6.37. The molecule has 0 aliphatic heterocycles. The molecule has 0 bridgehead atoms. The number of hydrogen-bond donors (Lipinski definition) is 2. The van der Waals surface area contributed by atoms with Crippen molar-refractivity contribution in [3.8, 4) is 0 Å². The summed E-state index contributed by atoms with van der Waals surface area (Å²) in [5, 5.41) is 11.6. The van der Waals surface area contributed by atoms with E-state index in [0.717, 1.165) is 42.1 Å². The van der Waals surface area contributed by atoms with E-state index in [-0.39, 0.29) is 5.82 Å². The van der Waals surface area contributed by atoms with Crippen LogP contribution in [0.25, 0.3) is 0 Å². The second-order valence-corrected chi connectivity index (χ2v) is 6.78. The summed E-state index contributed by atoms with van der Waals surface area (Å²) in [5.74, 6) is -0.236. The van der Waals surface area contributed by atoms with Crippen LogP contribution in [0.3, 0.4) is 0 Å². The lowest BCUT2D eigenvalue weighted by Gasteiger charge is -2.13. The summed E-state index contributed by atoms with van der Waals surface area (Å²) >= 11 is 5.37. The minimum atomic E-state index is -0.236. The van der Waals surface area contributed by atoms with E-state index in [1.807, 2.05) is 24.6 Å². The van der Waals surface area contributed by atoms with Crippen LogP contribution in [0.1, 0.15) is 23.4 Å². The number of nitrogens with one attached hydrogen (secondary N) is 2. The number of halogens is 1. The van der Waals surface area contributed by atoms with Crippen LogP contribution in [0.4, 0.5) is 10.1 Å². The normalized spacial score (nSPS) is 11.0. The van der Waals surface area contributed by atoms with Gasteiger partial charge in [0, 0.05) is 6.54 Å². The molecule has 0 spiro atoms. The van der Waals surface area contributed by atoms with Gasteiger partial charge in [-0.05, 0) is 70.8 Å². The molecule has 2 aromatic rings. The summed E-state index contributed by atoms with van der Waals surface area (Å²) in [6.45, 7) is 6.27. The lowest BCUT2D eigenvalue weighted by atomic mass is 10.2. The van der Waals surface area contributed by atoms with Gasteiger partial charge < -0.3 is 15.5 Å². The van der Waals surface area contributed by atoms with E-state index in [4.69, 9.17) is 12.2 Å². The fourth-order valence-electron chi connectivity index (χ4n) is 2.59. The molecular weight excluding hydrogens is 337 g/mol. The Hall–Kier alpha value is -1.99. The summed E-state index contributed by atoms with van der Waals surface area (Å²) in [7, 11) is 4.10. The number of rotatable bonds is 7. The molecule has 0 aliphatic rings. The van der Waals surface area contributed by atoms with Gasteiger partial charge in [0.2, 0.25) is 0 Å². The molecule has 0 radical (unpaired) electrons. The zero-order valence-electron chi connectivity index (χ0n) is 15.3. The van der Waals surface area contributed by atoms with Crippen LogP contribution in [-0.4, -0.2) is 47.0 Å². The fraction of sp³-hybridized carbons (Fsp3) is 0.444. The van der Waals surface area contributed by atoms with Gasteiger partial charge in [-0.1, -0.05) is 12.1 Å². The number of aromatic nitrogens is 2. The number of anilines is 1. The molecule has 0 saturated carbocycles. The van der Waals surface area contributed by atoms with Gasteiger partial charge in [-0.25, -0.2) is 4.39 Å². The molecule has 5 nitrogen and oxygen atoms in total. The zero-order valence-corrected chi connectivity index (χ0v) is 16.1. The minimum absolute atomic E-state index is 0.236. The van der Waals surface area contributed by atoms with Gasteiger partial charge in [0.05, 0.1) is 23.6 Å². The number of nitrogens with zero attached hydrogens (tertiary/aromatic N) is 3. The van der Waals surface area contributed by atoms with E-state index in [2.05, 4.69) is 34.7 Å². The van der Waals surface area contributed by atoms with Crippen LogP contribution in [-0.2, 0) is 6.54 Å². The Morgan fingerprint density at radius 3 is 2.76 bits per heavy atom. The van der Waals surface area contributed by atoms with Crippen LogP contribution in [0, 0.1) is 19.7 Å². The molecule has 0 amide bonds. The van der Waals surface area contributed by atoms with Crippen molar-refractivity contribution in [3.63, 3.8) is 0 Å². The molecule has 0 aliphatic carbocycles. The number of aryl methyl sites for hydroxylation is 1. The highest BCUT2D eigenvalue weighted by molar-refractivity contribution is 7.80. The smallest absolute Gasteiger partial charge is 0.170 e. The average molecular weight is 364 g/mol. The molecule has 2 N–H and O–H groups in total. The number of benzene rings is 1. The fourth-order valence-corrected chi connectivity index (χ4v) is 2.80. The van der Waals surface area contributed by atoms with Crippen molar-refractivity contribution in [3.05, 3.63) is 47.0 Å². The predicted molar refractivity (Wildman–Crippen MR) is 105 cm³/mol. The van der Waals surface area contributed by atoms with Crippen LogP contribution >= 0.6 is 12.2 Å². The highest BCUT2D eigenvalue weighted by Crippen LogP contribution is 2.20. The summed E-state index contributed by atoms with van der Waals surface area (Å²) in [6, 6.07) is 6.57. The Morgan fingerprint density at radius 2 is 2.08 bits per heavy atom. The first-order valence-corrected chi connectivity index (χ1v) is 8.75. The molecular formula is C18H26FN5S. The molecule has 1 aromatic carbocycles. The molecule has 0 atom stereocenters. The van der Waals surface area contributed by atoms with E-state index in [0.29, 0.717) is 11.7 Å². The lowest BCUT2D eigenvalue weighted by molar-refractivity contribution is 0.400. The molecule has 2 rings (SSSR count). The standard InChI is InChI=1S/C18H26FN5S/c1-13-17(21-18(25)20-9-6-10-23(3)4)14(2)24(22-13)12-15-7-5-8-16(19)11-15/h5,7-8,11H,6,9-10,12H2,1-4H3,(H2,20,21,25). The maximum atomic E-state index is 13.4. The van der Waals surface area contributed by atoms with Crippen molar-refractivity contribution in [1.82, 2.24) is 20.0 Å². The maximum Gasteiger partial charge on any atom is 0.170 e. The summed E-state index contributed by atoms with van der Waals surface area (Å²) in [4.78, 5) is 2.14. The quantitative estimate of drug-likeness (QED) is 0.585. The zero-order chi connectivity index (χ0) is 18.4. The Bertz CT molecular complexity index is 726. The third-order valence-electron chi connectivity index (χ3n) is 3.91. The third-order valence-corrected chi connectivity index (χ3v) is 4.16. The minimum Gasteiger partial charge on any atom is -0.362 e. The maximum absolute atomic E-state index is 13.4. The number of thiocarbonyl (C=S) groups is 1. The first kappa shape index (κ1) is 19.3. The molecule has 0 unspecified atom stereocenters. The van der Waals surface area contributed by atoms with E-state index in [1.165, 1.54) is 12.1 Å². The van der Waals surface area contributed by atoms with Crippen molar-refractivity contribution in [2.45, 2.75) is 26.8 Å². The van der Waals surface area contributed by atoms with Gasteiger partial charge >= 0.3 is 0 Å². The van der Waals surface area contributed by atoms with E-state index >= 15 is 0 Å². The largest absolute Gasteiger partial charge is 0.362 e. The van der Waals surface area contributed by atoms with Gasteiger partial charge in [0.1, 0.15) is 5.82 Å². The van der Waals surface area contributed by atoms with Crippen molar-refractivity contribution in [2.24, 2.45) is 0 Å². The first-order chi connectivity index (χ1) is 11.9. The average Bonchev–Trinajstić information content (AvgIpc) is 2.79. The third kappa shape index (κ3) is 5.79. The van der Waals surface area contributed by atoms with Crippen molar-refractivity contribution in [2.75, 3.05) is 32.5 Å². The molecule has 136 valence electrons. The summed E-state index contributed by atoms with van der Waals surface area (Å²) < 4.78 is 15.2. The molecule has 25 heavy (non-hydrogen) atoms. The number of hydrogen-bond acceptors (Lipinski definition) is 3. The van der Waals surface area contributed by atoms with E-state index in [9.17, 15) is 4.39 Å². The van der Waals surface area contributed by atoms with Crippen molar-refractivity contribution >= 4 is 23.0 Å². The highest BCUT2D eigenvalue weighted by atomic mass is 32.1. The van der Waals surface area contributed by atoms with Crippen LogP contribution in [0.2, 0.25) is 0 Å². The molecule has 0 fully saturated rings. The summed E-state index contributed by atoms with van der Waals surface area (Å²) in [6.07, 6.45) is 1.02. The molecule has 0 saturated heterocycles. The van der Waals surface area contributed by atoms with Crippen molar-refractivity contribution < 1.29 is 4.39 Å². The molecule has 1 aromatic heterocycles. The SMILES string of the molecule is Cc1nn(Cc2cccc(F)c2)c(C)c1NC(=S)NCCCN(C)C. The van der Waals surface area contributed by atoms with Gasteiger partial charge in [0.15, 0.2) is 5.11 Å². The second kappa shape index (κ2) is 8.92. The van der Waals surface area contributed by atoms with Crippen LogP contribution < -0.4 is 10.6 Å². The van der Waals surface area contributed by atoms with E-state index < -0.39 is 0 Å². The molecule has 7 heteroatoms. The Balaban J connectivity index is 1.98. The predicted octanol–water partition coefficient (Wildman–Crippen LogP) is 2.93. The monoisotopic (exact) mass is 363 g/mol. The van der Waals surface area contributed by atoms with Gasteiger partial charge in [0.25, 0.3) is 0 Å². The van der Waals surface area contributed by atoms with Crippen LogP contribution in [0.15, 0.2) is 24.3 Å². The Morgan fingerprint density at radius 1 is 1.32 bits per heavy atom. The molecule has 1 heterocycles. The Labute approximate surface area is 154 Å². The lowest BCUT2D eigenvalue weighted by Crippen LogP contribution is -2.31. The Kier molecular flexibility index (Phi) is 6.90. The van der Waals surface area contributed by atoms with Gasteiger partial charge in [-0.15, -0.1) is 0 Å². The van der Waals surface area contributed by atoms with E-state index in [1.54, 1.807) is 6.07 Å². The summed E-state index contributed by atoms with van der Waals surface area (Å²) in [5.41, 5.74) is 3.62. The first-order valence-electron chi connectivity index (χ1n) is 8.35.